The minimum atomic E-state index is -0.513. The van der Waals surface area contributed by atoms with Crippen LogP contribution in [0.3, 0.4) is 0 Å². The number of amides is 1. The van der Waals surface area contributed by atoms with Gasteiger partial charge in [0.05, 0.1) is 12.0 Å². The van der Waals surface area contributed by atoms with E-state index in [0.29, 0.717) is 29.2 Å². The molecule has 4 N–H and O–H groups in total. The molecule has 0 aliphatic heterocycles. The minimum absolute atomic E-state index is 0.0379. The van der Waals surface area contributed by atoms with Crippen LogP contribution in [0.2, 0.25) is 0 Å². The zero-order valence-electron chi connectivity index (χ0n) is 15.1. The summed E-state index contributed by atoms with van der Waals surface area (Å²) in [4.78, 5) is 36.0. The molecular formula is C18H25N5O2. The van der Waals surface area contributed by atoms with E-state index in [0.717, 1.165) is 0 Å². The van der Waals surface area contributed by atoms with E-state index in [-0.39, 0.29) is 23.8 Å². The molecule has 0 bridgehead atoms. The summed E-state index contributed by atoms with van der Waals surface area (Å²) < 4.78 is 0. The van der Waals surface area contributed by atoms with E-state index in [9.17, 15) is 9.59 Å². The van der Waals surface area contributed by atoms with Gasteiger partial charge in [0, 0.05) is 35.8 Å². The van der Waals surface area contributed by atoms with E-state index in [1.807, 2.05) is 26.8 Å². The van der Waals surface area contributed by atoms with Crippen LogP contribution in [0.25, 0.3) is 11.4 Å². The number of rotatable bonds is 6. The van der Waals surface area contributed by atoms with Gasteiger partial charge in [-0.2, -0.15) is 0 Å². The standard InChI is InChI=1S/C18H25N5O2/c1-11(2)18(4,10-19)23-15(24)8-14-12(3)21-16(22-17(14)25)13-6-5-7-20-9-13/h5-7,9,11H,8,10,19H2,1-4H3,(H,23,24)(H,21,22,25). The van der Waals surface area contributed by atoms with E-state index in [1.54, 1.807) is 25.4 Å². The van der Waals surface area contributed by atoms with Crippen LogP contribution in [-0.2, 0) is 11.2 Å². The summed E-state index contributed by atoms with van der Waals surface area (Å²) in [6.45, 7) is 7.94. The number of carbonyl (C=O) groups excluding carboxylic acids is 1. The zero-order chi connectivity index (χ0) is 18.6. The van der Waals surface area contributed by atoms with Crippen molar-refractivity contribution in [3.63, 3.8) is 0 Å². The van der Waals surface area contributed by atoms with Gasteiger partial charge in [-0.25, -0.2) is 4.98 Å². The first-order chi connectivity index (χ1) is 11.8. The highest BCUT2D eigenvalue weighted by atomic mass is 16.2. The lowest BCUT2D eigenvalue weighted by Gasteiger charge is -2.33. The number of hydrogen-bond acceptors (Lipinski definition) is 5. The van der Waals surface area contributed by atoms with Gasteiger partial charge in [-0.3, -0.25) is 14.6 Å². The first kappa shape index (κ1) is 18.8. The van der Waals surface area contributed by atoms with E-state index < -0.39 is 5.54 Å². The number of nitrogens with one attached hydrogen (secondary N) is 2. The van der Waals surface area contributed by atoms with E-state index >= 15 is 0 Å². The molecule has 0 aliphatic carbocycles. The third kappa shape index (κ3) is 4.30. The Hall–Kier alpha value is -2.54. The zero-order valence-corrected chi connectivity index (χ0v) is 15.1. The van der Waals surface area contributed by atoms with Gasteiger partial charge in [0.1, 0.15) is 5.82 Å². The number of pyridine rings is 1. The maximum Gasteiger partial charge on any atom is 0.255 e. The summed E-state index contributed by atoms with van der Waals surface area (Å²) in [6, 6.07) is 3.58. The van der Waals surface area contributed by atoms with Gasteiger partial charge in [-0.15, -0.1) is 0 Å². The summed E-state index contributed by atoms with van der Waals surface area (Å²) in [7, 11) is 0. The summed E-state index contributed by atoms with van der Waals surface area (Å²) in [5.41, 5.74) is 6.56. The molecule has 1 atom stereocenters. The molecule has 0 fully saturated rings. The normalized spacial score (nSPS) is 13.5. The molecule has 7 nitrogen and oxygen atoms in total. The average Bonchev–Trinajstić information content (AvgIpc) is 2.58. The van der Waals surface area contributed by atoms with Crippen LogP contribution in [0.15, 0.2) is 29.3 Å². The number of nitrogens with zero attached hydrogens (tertiary/aromatic N) is 2. The summed E-state index contributed by atoms with van der Waals surface area (Å²) in [5.74, 6) is 0.367. The van der Waals surface area contributed by atoms with Gasteiger partial charge in [0.15, 0.2) is 0 Å². The lowest BCUT2D eigenvalue weighted by molar-refractivity contribution is -0.122. The molecule has 1 unspecified atom stereocenters. The maximum atomic E-state index is 12.4. The molecule has 1 amide bonds. The lowest BCUT2D eigenvalue weighted by Crippen LogP contribution is -2.55. The van der Waals surface area contributed by atoms with Crippen LogP contribution in [0.4, 0.5) is 0 Å². The molecule has 25 heavy (non-hydrogen) atoms. The molecule has 2 aromatic rings. The third-order valence-corrected chi connectivity index (χ3v) is 4.62. The number of aryl methyl sites for hydroxylation is 1. The Morgan fingerprint density at radius 3 is 2.68 bits per heavy atom. The number of aromatic amines is 1. The molecule has 7 heteroatoms. The van der Waals surface area contributed by atoms with Gasteiger partial charge < -0.3 is 16.0 Å². The van der Waals surface area contributed by atoms with E-state index in [4.69, 9.17) is 5.73 Å². The van der Waals surface area contributed by atoms with Crippen molar-refractivity contribution in [3.05, 3.63) is 46.1 Å². The van der Waals surface area contributed by atoms with Crippen LogP contribution >= 0.6 is 0 Å². The summed E-state index contributed by atoms with van der Waals surface area (Å²) in [6.07, 6.45) is 3.24. The SMILES string of the molecule is Cc1nc(-c2cccnc2)[nH]c(=O)c1CC(=O)NC(C)(CN)C(C)C. The molecule has 2 heterocycles. The highest BCUT2D eigenvalue weighted by molar-refractivity contribution is 5.79. The average molecular weight is 343 g/mol. The van der Waals surface area contributed by atoms with Crippen molar-refractivity contribution in [1.82, 2.24) is 20.3 Å². The van der Waals surface area contributed by atoms with Crippen molar-refractivity contribution < 1.29 is 4.79 Å². The highest BCUT2D eigenvalue weighted by Crippen LogP contribution is 2.16. The number of carbonyl (C=O) groups is 1. The van der Waals surface area contributed by atoms with E-state index in [2.05, 4.69) is 20.3 Å². The topological polar surface area (TPSA) is 114 Å². The molecule has 0 spiro atoms. The second-order valence-electron chi connectivity index (χ2n) is 6.72. The van der Waals surface area contributed by atoms with Gasteiger partial charge in [-0.1, -0.05) is 13.8 Å². The van der Waals surface area contributed by atoms with Crippen LogP contribution < -0.4 is 16.6 Å². The number of nitrogens with two attached hydrogens (primary N) is 1. The fraction of sp³-hybridized carbons (Fsp3) is 0.444. The Morgan fingerprint density at radius 1 is 1.44 bits per heavy atom. The Balaban J connectivity index is 2.24. The lowest BCUT2D eigenvalue weighted by atomic mass is 9.88. The van der Waals surface area contributed by atoms with Gasteiger partial charge in [0.25, 0.3) is 5.56 Å². The first-order valence-electron chi connectivity index (χ1n) is 8.28. The predicted molar refractivity (Wildman–Crippen MR) is 97.0 cm³/mol. The molecule has 2 aromatic heterocycles. The fourth-order valence-corrected chi connectivity index (χ4v) is 2.41. The Morgan fingerprint density at radius 2 is 2.16 bits per heavy atom. The van der Waals surface area contributed by atoms with Crippen LogP contribution in [0.5, 0.6) is 0 Å². The largest absolute Gasteiger partial charge is 0.349 e. The molecule has 0 saturated heterocycles. The number of H-pyrrole nitrogens is 1. The quantitative estimate of drug-likeness (QED) is 0.728. The molecular weight excluding hydrogens is 318 g/mol. The van der Waals surface area contributed by atoms with Crippen LogP contribution in [0.1, 0.15) is 32.0 Å². The van der Waals surface area contributed by atoms with Crippen molar-refractivity contribution in [2.75, 3.05) is 6.54 Å². The second kappa shape index (κ2) is 7.57. The third-order valence-electron chi connectivity index (χ3n) is 4.62. The highest BCUT2D eigenvalue weighted by Gasteiger charge is 2.29. The van der Waals surface area contributed by atoms with Crippen molar-refractivity contribution >= 4 is 5.91 Å². The monoisotopic (exact) mass is 343 g/mol. The van der Waals surface area contributed by atoms with Crippen molar-refractivity contribution in [3.8, 4) is 11.4 Å². The maximum absolute atomic E-state index is 12.4. The molecule has 2 rings (SSSR count). The minimum Gasteiger partial charge on any atom is -0.349 e. The molecule has 0 radical (unpaired) electrons. The Labute approximate surface area is 147 Å². The molecule has 134 valence electrons. The van der Waals surface area contributed by atoms with Gasteiger partial charge in [0.2, 0.25) is 5.91 Å². The van der Waals surface area contributed by atoms with Gasteiger partial charge in [-0.05, 0) is 31.9 Å². The van der Waals surface area contributed by atoms with Crippen molar-refractivity contribution in [2.45, 2.75) is 39.7 Å². The van der Waals surface area contributed by atoms with Crippen molar-refractivity contribution in [2.24, 2.45) is 11.7 Å². The molecule has 0 saturated carbocycles. The first-order valence-corrected chi connectivity index (χ1v) is 8.28. The summed E-state index contributed by atoms with van der Waals surface area (Å²) in [5, 5.41) is 2.94. The molecule has 0 aromatic carbocycles. The van der Waals surface area contributed by atoms with Crippen LogP contribution in [0, 0.1) is 12.8 Å². The van der Waals surface area contributed by atoms with E-state index in [1.165, 1.54) is 0 Å². The number of aromatic nitrogens is 3. The Bertz CT molecular complexity index is 801. The smallest absolute Gasteiger partial charge is 0.255 e. The van der Waals surface area contributed by atoms with Crippen molar-refractivity contribution in [1.29, 1.82) is 0 Å². The predicted octanol–water partition coefficient (Wildman–Crippen LogP) is 1.17. The fourth-order valence-electron chi connectivity index (χ4n) is 2.41. The van der Waals surface area contributed by atoms with Gasteiger partial charge >= 0.3 is 0 Å². The second-order valence-corrected chi connectivity index (χ2v) is 6.72. The summed E-state index contributed by atoms with van der Waals surface area (Å²) >= 11 is 0. The number of hydrogen-bond donors (Lipinski definition) is 3. The van der Waals surface area contributed by atoms with Crippen LogP contribution in [-0.4, -0.2) is 32.9 Å². The Kier molecular flexibility index (Phi) is 5.69. The molecule has 0 aliphatic rings.